The Labute approximate surface area is 241 Å². The molecule has 3 atom stereocenters. The molecule has 3 unspecified atom stereocenters. The fourth-order valence-electron chi connectivity index (χ4n) is 5.53. The first-order valence-electron chi connectivity index (χ1n) is 13.4. The largest absolute Gasteiger partial charge is 0.508 e. The second kappa shape index (κ2) is 13.7. The molecule has 3 N–H and O–H groups in total. The van der Waals surface area contributed by atoms with Crippen LogP contribution < -0.4 is 4.90 Å². The first-order chi connectivity index (χ1) is 19.4. The van der Waals surface area contributed by atoms with Crippen molar-refractivity contribution in [3.05, 3.63) is 114 Å². The first kappa shape index (κ1) is 29.5. The molecule has 4 aromatic rings. The number of hydrogen-bond donors (Lipinski definition) is 4. The van der Waals surface area contributed by atoms with Gasteiger partial charge in [0, 0.05) is 17.3 Å². The molecule has 40 heavy (non-hydrogen) atoms. The number of likely N-dealkylation sites (N-methyl/N-ethyl adjacent to an activating group) is 1. The summed E-state index contributed by atoms with van der Waals surface area (Å²) in [5.74, 6) is 0.0808. The molecule has 1 aliphatic heterocycles. The van der Waals surface area contributed by atoms with E-state index in [9.17, 15) is 19.7 Å². The zero-order valence-corrected chi connectivity index (χ0v) is 23.8. The van der Waals surface area contributed by atoms with Crippen molar-refractivity contribution in [3.8, 4) is 22.6 Å². The fraction of sp³-hybridized carbons (Fsp3) is 0.273. The normalized spacial score (nSPS) is 17.8. The molecule has 7 heteroatoms. The number of thiol groups is 1. The summed E-state index contributed by atoms with van der Waals surface area (Å²) in [6.07, 6.45) is 3.20. The maximum absolute atomic E-state index is 13.3. The van der Waals surface area contributed by atoms with Crippen LogP contribution in [0.15, 0.2) is 97.1 Å². The smallest absolute Gasteiger partial charge is 0.123 e. The molecule has 0 aromatic heterocycles. The molecule has 1 fully saturated rings. The van der Waals surface area contributed by atoms with E-state index in [-0.39, 0.29) is 29.4 Å². The summed E-state index contributed by atoms with van der Waals surface area (Å²) in [5.41, 5.74) is 4.30. The zero-order chi connectivity index (χ0) is 28.6. The standard InChI is InChI=1S/C32H33FN2O3.CH4S/c1-34-21-35(26-8-3-2-4-9-26)32(29(34)11-6-12-30(37)22-13-16-25(33)17-14-22)28-18-15-24(20-31(28)38)23-7-5-10-27(36)19-23;1-2/h2-5,7-10,13-20,29-30,32,36-38H,6,11-12,21H2,1H3;2H,1H3. The molecule has 0 aliphatic carbocycles. The molecule has 5 rings (SSSR count). The number of hydrogen-bond acceptors (Lipinski definition) is 6. The van der Waals surface area contributed by atoms with Crippen LogP contribution in [0.3, 0.4) is 0 Å². The molecular weight excluding hydrogens is 523 g/mol. The van der Waals surface area contributed by atoms with Gasteiger partial charge < -0.3 is 20.2 Å². The van der Waals surface area contributed by atoms with Crippen molar-refractivity contribution in [1.82, 2.24) is 4.90 Å². The summed E-state index contributed by atoms with van der Waals surface area (Å²) in [7, 11) is 2.09. The highest BCUT2D eigenvalue weighted by Crippen LogP contribution is 2.43. The van der Waals surface area contributed by atoms with E-state index >= 15 is 0 Å². The van der Waals surface area contributed by atoms with Gasteiger partial charge in [0.2, 0.25) is 0 Å². The van der Waals surface area contributed by atoms with Gasteiger partial charge in [0.15, 0.2) is 0 Å². The number of phenolic OH excluding ortho intramolecular Hbond substituents is 2. The van der Waals surface area contributed by atoms with Crippen LogP contribution in [0.2, 0.25) is 0 Å². The van der Waals surface area contributed by atoms with Gasteiger partial charge in [-0.3, -0.25) is 4.90 Å². The lowest BCUT2D eigenvalue weighted by molar-refractivity contribution is 0.157. The van der Waals surface area contributed by atoms with Gasteiger partial charge in [0.05, 0.1) is 18.8 Å². The second-order valence-electron chi connectivity index (χ2n) is 10.0. The third-order valence-corrected chi connectivity index (χ3v) is 7.49. The van der Waals surface area contributed by atoms with Gasteiger partial charge in [-0.15, -0.1) is 0 Å². The van der Waals surface area contributed by atoms with Crippen molar-refractivity contribution in [2.75, 3.05) is 24.9 Å². The monoisotopic (exact) mass is 560 g/mol. The first-order valence-corrected chi connectivity index (χ1v) is 14.3. The van der Waals surface area contributed by atoms with Gasteiger partial charge >= 0.3 is 0 Å². The summed E-state index contributed by atoms with van der Waals surface area (Å²) in [6, 6.07) is 29.0. The molecule has 4 aromatic carbocycles. The number of aromatic hydroxyl groups is 2. The third-order valence-electron chi connectivity index (χ3n) is 7.49. The Hall–Kier alpha value is -3.52. The summed E-state index contributed by atoms with van der Waals surface area (Å²) in [5, 5.41) is 31.8. The quantitative estimate of drug-likeness (QED) is 0.172. The zero-order valence-electron chi connectivity index (χ0n) is 22.9. The molecule has 210 valence electrons. The van der Waals surface area contributed by atoms with E-state index < -0.39 is 6.10 Å². The predicted molar refractivity (Wildman–Crippen MR) is 163 cm³/mol. The van der Waals surface area contributed by atoms with Crippen LogP contribution in [0.4, 0.5) is 10.1 Å². The molecule has 0 saturated carbocycles. The molecule has 1 saturated heterocycles. The van der Waals surface area contributed by atoms with E-state index in [2.05, 4.69) is 41.6 Å². The lowest BCUT2D eigenvalue weighted by Gasteiger charge is -2.30. The minimum atomic E-state index is -0.652. The lowest BCUT2D eigenvalue weighted by atomic mass is 9.91. The SMILES string of the molecule is CN1CN(c2ccccc2)C(c2ccc(-c3cccc(O)c3)cc2O)C1CCCC(O)c1ccc(F)cc1.CS. The number of halogens is 1. The van der Waals surface area contributed by atoms with Gasteiger partial charge in [-0.2, -0.15) is 12.6 Å². The van der Waals surface area contributed by atoms with Gasteiger partial charge in [-0.1, -0.05) is 54.6 Å². The highest BCUT2D eigenvalue weighted by atomic mass is 32.1. The number of aliphatic hydroxyl groups is 1. The van der Waals surface area contributed by atoms with E-state index in [1.165, 1.54) is 12.1 Å². The Bertz CT molecular complexity index is 1370. The van der Waals surface area contributed by atoms with Crippen LogP contribution >= 0.6 is 12.6 Å². The molecular formula is C33H37FN2O3S. The molecule has 0 bridgehead atoms. The minimum absolute atomic E-state index is 0.0939. The van der Waals surface area contributed by atoms with Crippen molar-refractivity contribution in [1.29, 1.82) is 0 Å². The molecule has 0 amide bonds. The van der Waals surface area contributed by atoms with E-state index in [1.54, 1.807) is 42.7 Å². The topological polar surface area (TPSA) is 67.2 Å². The molecule has 5 nitrogen and oxygen atoms in total. The second-order valence-corrected chi connectivity index (χ2v) is 10.0. The van der Waals surface area contributed by atoms with E-state index in [4.69, 9.17) is 0 Å². The lowest BCUT2D eigenvalue weighted by Crippen LogP contribution is -2.29. The average Bonchev–Trinajstić information content (AvgIpc) is 3.30. The van der Waals surface area contributed by atoms with Crippen LogP contribution in [-0.2, 0) is 0 Å². The third kappa shape index (κ3) is 6.78. The maximum Gasteiger partial charge on any atom is 0.123 e. The Morgan fingerprint density at radius 1 is 0.875 bits per heavy atom. The summed E-state index contributed by atoms with van der Waals surface area (Å²) in [4.78, 5) is 4.61. The predicted octanol–water partition coefficient (Wildman–Crippen LogP) is 7.17. The minimum Gasteiger partial charge on any atom is -0.508 e. The Morgan fingerprint density at radius 3 is 2.25 bits per heavy atom. The van der Waals surface area contributed by atoms with Crippen molar-refractivity contribution >= 4 is 18.3 Å². The van der Waals surface area contributed by atoms with E-state index in [0.717, 1.165) is 35.2 Å². The van der Waals surface area contributed by atoms with Crippen LogP contribution in [0, 0.1) is 5.82 Å². The number of para-hydroxylation sites is 1. The number of phenols is 2. The molecule has 1 aliphatic rings. The van der Waals surface area contributed by atoms with Crippen LogP contribution in [0.5, 0.6) is 11.5 Å². The van der Waals surface area contributed by atoms with Gasteiger partial charge in [0.25, 0.3) is 0 Å². The fourth-order valence-corrected chi connectivity index (χ4v) is 5.53. The van der Waals surface area contributed by atoms with Crippen molar-refractivity contribution < 1.29 is 19.7 Å². The average molecular weight is 561 g/mol. The Morgan fingerprint density at radius 2 is 1.57 bits per heavy atom. The summed E-state index contributed by atoms with van der Waals surface area (Å²) >= 11 is 3.53. The summed E-state index contributed by atoms with van der Waals surface area (Å²) < 4.78 is 13.3. The number of aliphatic hydroxyl groups excluding tert-OH is 1. The van der Waals surface area contributed by atoms with E-state index in [0.29, 0.717) is 18.7 Å². The van der Waals surface area contributed by atoms with Crippen LogP contribution in [0.1, 0.15) is 42.5 Å². The van der Waals surface area contributed by atoms with Crippen molar-refractivity contribution in [2.24, 2.45) is 0 Å². The van der Waals surface area contributed by atoms with Crippen LogP contribution in [-0.4, -0.2) is 46.2 Å². The van der Waals surface area contributed by atoms with Gasteiger partial charge in [-0.25, -0.2) is 4.39 Å². The number of nitrogens with zero attached hydrogens (tertiary/aromatic N) is 2. The van der Waals surface area contributed by atoms with Crippen LogP contribution in [0.25, 0.3) is 11.1 Å². The van der Waals surface area contributed by atoms with Gasteiger partial charge in [-0.05, 0) is 91.7 Å². The number of anilines is 1. The Kier molecular flexibility index (Phi) is 10.1. The maximum atomic E-state index is 13.3. The number of rotatable bonds is 8. The molecule has 1 heterocycles. The highest BCUT2D eigenvalue weighted by molar-refractivity contribution is 7.79. The van der Waals surface area contributed by atoms with Crippen molar-refractivity contribution in [3.63, 3.8) is 0 Å². The highest BCUT2D eigenvalue weighted by Gasteiger charge is 2.40. The Balaban J connectivity index is 0.00000181. The van der Waals surface area contributed by atoms with Gasteiger partial charge in [0.1, 0.15) is 17.3 Å². The van der Waals surface area contributed by atoms with E-state index in [1.807, 2.05) is 36.4 Å². The number of benzene rings is 4. The molecule has 0 radical (unpaired) electrons. The molecule has 0 spiro atoms. The summed E-state index contributed by atoms with van der Waals surface area (Å²) in [6.45, 7) is 0.702. The van der Waals surface area contributed by atoms with Crippen molar-refractivity contribution in [2.45, 2.75) is 37.5 Å².